The van der Waals surface area contributed by atoms with Crippen LogP contribution in [0.2, 0.25) is 0 Å². The van der Waals surface area contributed by atoms with E-state index in [1.54, 1.807) is 0 Å². The molecular weight excluding hydrogens is 236 g/mol. The zero-order chi connectivity index (χ0) is 13.8. The van der Waals surface area contributed by atoms with E-state index in [4.69, 9.17) is 0 Å². The van der Waals surface area contributed by atoms with Crippen molar-refractivity contribution in [2.24, 2.45) is 0 Å². The predicted molar refractivity (Wildman–Crippen MR) is 66.3 cm³/mol. The van der Waals surface area contributed by atoms with E-state index in [0.29, 0.717) is 12.9 Å². The molecule has 0 aromatic carbocycles. The molecule has 18 heavy (non-hydrogen) atoms. The van der Waals surface area contributed by atoms with Crippen LogP contribution in [0.4, 0.5) is 5.69 Å². The van der Waals surface area contributed by atoms with Gasteiger partial charge in [-0.15, -0.1) is 0 Å². The van der Waals surface area contributed by atoms with Crippen LogP contribution in [-0.4, -0.2) is 23.0 Å². The van der Waals surface area contributed by atoms with Crippen LogP contribution in [0.5, 0.6) is 0 Å². The molecule has 0 spiro atoms. The van der Waals surface area contributed by atoms with E-state index in [9.17, 15) is 14.4 Å². The van der Waals surface area contributed by atoms with Crippen LogP contribution in [0.3, 0.4) is 0 Å². The van der Waals surface area contributed by atoms with E-state index in [-0.39, 0.29) is 17.1 Å². The van der Waals surface area contributed by atoms with Gasteiger partial charge in [-0.05, 0) is 26.3 Å². The highest BCUT2D eigenvalue weighted by Gasteiger charge is 2.16. The minimum Gasteiger partial charge on any atom is -0.462 e. The highest BCUT2D eigenvalue weighted by molar-refractivity contribution is 5.98. The van der Waals surface area contributed by atoms with Crippen molar-refractivity contribution in [3.05, 3.63) is 28.2 Å². The molecule has 0 unspecified atom stereocenters. The molecule has 1 aromatic heterocycles. The summed E-state index contributed by atoms with van der Waals surface area (Å²) in [5.41, 5.74) is 1.01. The molecule has 0 saturated carbocycles. The van der Waals surface area contributed by atoms with E-state index in [0.717, 1.165) is 11.3 Å². The molecule has 2 rings (SSSR count). The Bertz CT molecular complexity index is 500. The van der Waals surface area contributed by atoms with Crippen molar-refractivity contribution in [1.82, 2.24) is 4.98 Å². The van der Waals surface area contributed by atoms with E-state index in [1.165, 1.54) is 12.3 Å². The number of ether oxygens (including phenoxy) is 1. The first-order chi connectivity index (χ1) is 8.31. The van der Waals surface area contributed by atoms with Crippen molar-refractivity contribution in [3.63, 3.8) is 0 Å². The predicted octanol–water partition coefficient (Wildman–Crippen LogP) is 0.827. The summed E-state index contributed by atoms with van der Waals surface area (Å²) in [6, 6.07) is 1.44. The van der Waals surface area contributed by atoms with Gasteiger partial charge in [0.05, 0.1) is 12.1 Å². The standard InChI is InChI=1S/C7H6N2O2.C5H10O2/c10-6-1-4-2-7(11)9-5(4)3-8-6;1-5(2,3)7-4-6/h1,3H,2H2,(H,8,10)(H,9,11);4H,1-3H3. The third-order valence-electron chi connectivity index (χ3n) is 2.04. The summed E-state index contributed by atoms with van der Waals surface area (Å²) in [7, 11) is 0. The third kappa shape index (κ3) is 4.40. The molecule has 1 amide bonds. The highest BCUT2D eigenvalue weighted by atomic mass is 16.5. The quantitative estimate of drug-likeness (QED) is 0.724. The number of hydrogen-bond donors (Lipinski definition) is 2. The number of aromatic nitrogens is 1. The number of anilines is 1. The molecule has 6 heteroatoms. The van der Waals surface area contributed by atoms with Gasteiger partial charge in [0.2, 0.25) is 11.5 Å². The number of nitrogens with one attached hydrogen (secondary N) is 2. The average Bonchev–Trinajstić information content (AvgIpc) is 2.56. The van der Waals surface area contributed by atoms with Crippen molar-refractivity contribution in [2.45, 2.75) is 32.8 Å². The number of aromatic amines is 1. The van der Waals surface area contributed by atoms with Gasteiger partial charge in [0, 0.05) is 12.3 Å². The summed E-state index contributed by atoms with van der Waals surface area (Å²) in [5, 5.41) is 2.62. The van der Waals surface area contributed by atoms with Gasteiger partial charge in [0.15, 0.2) is 0 Å². The average molecular weight is 252 g/mol. The van der Waals surface area contributed by atoms with Crippen molar-refractivity contribution < 1.29 is 14.3 Å². The Hall–Kier alpha value is -2.11. The first-order valence-electron chi connectivity index (χ1n) is 5.45. The van der Waals surface area contributed by atoms with Crippen LogP contribution in [-0.2, 0) is 20.7 Å². The lowest BCUT2D eigenvalue weighted by atomic mass is 10.2. The van der Waals surface area contributed by atoms with Gasteiger partial charge in [-0.25, -0.2) is 0 Å². The normalized spacial score (nSPS) is 12.9. The van der Waals surface area contributed by atoms with Crippen LogP contribution in [0.15, 0.2) is 17.1 Å². The van der Waals surface area contributed by atoms with Crippen LogP contribution < -0.4 is 10.9 Å². The van der Waals surface area contributed by atoms with Crippen LogP contribution in [0.1, 0.15) is 26.3 Å². The second-order valence-corrected chi connectivity index (χ2v) is 4.79. The molecule has 1 aromatic rings. The molecule has 0 saturated heterocycles. The molecule has 2 N–H and O–H groups in total. The summed E-state index contributed by atoms with van der Waals surface area (Å²) in [5.74, 6) is -0.0565. The molecular formula is C12H16N2O4. The number of rotatable bonds is 1. The summed E-state index contributed by atoms with van der Waals surface area (Å²) in [6.07, 6.45) is 1.84. The summed E-state index contributed by atoms with van der Waals surface area (Å²) >= 11 is 0. The number of hydrogen-bond acceptors (Lipinski definition) is 4. The summed E-state index contributed by atoms with van der Waals surface area (Å²) in [4.78, 5) is 33.6. The lowest BCUT2D eigenvalue weighted by Gasteiger charge is -2.14. The number of H-pyrrole nitrogens is 1. The molecule has 2 heterocycles. The maximum absolute atomic E-state index is 10.8. The smallest absolute Gasteiger partial charge is 0.293 e. The summed E-state index contributed by atoms with van der Waals surface area (Å²) in [6.45, 7) is 5.92. The van der Waals surface area contributed by atoms with Crippen LogP contribution in [0.25, 0.3) is 0 Å². The first kappa shape index (κ1) is 14.0. The van der Waals surface area contributed by atoms with E-state index in [1.807, 2.05) is 20.8 Å². The van der Waals surface area contributed by atoms with Gasteiger partial charge >= 0.3 is 0 Å². The molecule has 0 aliphatic carbocycles. The third-order valence-corrected chi connectivity index (χ3v) is 2.04. The Morgan fingerprint density at radius 1 is 1.33 bits per heavy atom. The second-order valence-electron chi connectivity index (χ2n) is 4.79. The Kier molecular flexibility index (Phi) is 4.25. The first-order valence-corrected chi connectivity index (χ1v) is 5.45. The molecule has 0 fully saturated rings. The van der Waals surface area contributed by atoms with Crippen LogP contribution >= 0.6 is 0 Å². The SMILES string of the molecule is CC(C)(C)OC=O.O=C1Cc2cc(=O)[nH]cc2N1. The van der Waals surface area contributed by atoms with Gasteiger partial charge in [-0.2, -0.15) is 0 Å². The van der Waals surface area contributed by atoms with E-state index >= 15 is 0 Å². The zero-order valence-corrected chi connectivity index (χ0v) is 10.6. The minimum absolute atomic E-state index is 0.0565. The van der Waals surface area contributed by atoms with Crippen molar-refractivity contribution in [1.29, 1.82) is 0 Å². The monoisotopic (exact) mass is 252 g/mol. The van der Waals surface area contributed by atoms with E-state index < -0.39 is 0 Å². The molecule has 0 atom stereocenters. The van der Waals surface area contributed by atoms with E-state index in [2.05, 4.69) is 15.0 Å². The number of pyridine rings is 1. The topological polar surface area (TPSA) is 88.3 Å². The van der Waals surface area contributed by atoms with Crippen molar-refractivity contribution in [2.75, 3.05) is 5.32 Å². The van der Waals surface area contributed by atoms with Crippen LogP contribution in [0, 0.1) is 0 Å². The Balaban J connectivity index is 0.000000203. The molecule has 0 bridgehead atoms. The van der Waals surface area contributed by atoms with Crippen molar-refractivity contribution in [3.8, 4) is 0 Å². The molecule has 1 aliphatic heterocycles. The largest absolute Gasteiger partial charge is 0.462 e. The molecule has 98 valence electrons. The summed E-state index contributed by atoms with van der Waals surface area (Å²) < 4.78 is 4.55. The van der Waals surface area contributed by atoms with Gasteiger partial charge in [0.25, 0.3) is 6.47 Å². The molecule has 6 nitrogen and oxygen atoms in total. The number of fused-ring (bicyclic) bond motifs is 1. The molecule has 1 aliphatic rings. The zero-order valence-electron chi connectivity index (χ0n) is 10.6. The lowest BCUT2D eigenvalue weighted by Crippen LogP contribution is -2.17. The lowest BCUT2D eigenvalue weighted by molar-refractivity contribution is -0.138. The number of carbonyl (C=O) groups is 2. The fraction of sp³-hybridized carbons (Fsp3) is 0.417. The molecule has 0 radical (unpaired) electrons. The Morgan fingerprint density at radius 2 is 2.00 bits per heavy atom. The maximum Gasteiger partial charge on any atom is 0.293 e. The number of amides is 1. The Labute approximate surface area is 104 Å². The highest BCUT2D eigenvalue weighted by Crippen LogP contribution is 2.18. The van der Waals surface area contributed by atoms with Gasteiger partial charge in [-0.1, -0.05) is 0 Å². The fourth-order valence-corrected chi connectivity index (χ4v) is 1.29. The van der Waals surface area contributed by atoms with Crippen molar-refractivity contribution >= 4 is 18.1 Å². The van der Waals surface area contributed by atoms with Gasteiger partial charge in [0.1, 0.15) is 5.60 Å². The minimum atomic E-state index is -0.318. The Morgan fingerprint density at radius 3 is 2.50 bits per heavy atom. The maximum atomic E-state index is 10.8. The number of carbonyl (C=O) groups excluding carboxylic acids is 2. The second kappa shape index (κ2) is 5.48. The van der Waals surface area contributed by atoms with Gasteiger partial charge in [-0.3, -0.25) is 14.4 Å². The van der Waals surface area contributed by atoms with Gasteiger partial charge < -0.3 is 15.0 Å². The fourth-order valence-electron chi connectivity index (χ4n) is 1.29.